The first-order chi connectivity index (χ1) is 11.5. The molecule has 132 valence electrons. The van der Waals surface area contributed by atoms with Gasteiger partial charge in [0.05, 0.1) is 16.0 Å². The fourth-order valence-corrected chi connectivity index (χ4v) is 2.93. The zero-order chi connectivity index (χ0) is 17.6. The smallest absolute Gasteiger partial charge is 0.252 e. The number of benzene rings is 1. The fraction of sp³-hybridized carbons (Fsp3) is 0.529. The van der Waals surface area contributed by atoms with Crippen molar-refractivity contribution in [2.75, 3.05) is 31.6 Å². The van der Waals surface area contributed by atoms with E-state index in [0.29, 0.717) is 48.9 Å². The van der Waals surface area contributed by atoms with Crippen LogP contribution < -0.4 is 16.4 Å². The van der Waals surface area contributed by atoms with Gasteiger partial charge < -0.3 is 21.1 Å². The van der Waals surface area contributed by atoms with Gasteiger partial charge in [0.1, 0.15) is 0 Å². The number of nitrogens with one attached hydrogen (secondary N) is 2. The molecule has 1 heterocycles. The Morgan fingerprint density at radius 2 is 2.04 bits per heavy atom. The highest BCUT2D eigenvalue weighted by Crippen LogP contribution is 2.31. The molecular formula is C17H24ClN3O3. The quantitative estimate of drug-likeness (QED) is 0.730. The molecule has 24 heavy (non-hydrogen) atoms. The lowest BCUT2D eigenvalue weighted by molar-refractivity contribution is -0.130. The molecule has 4 N–H and O–H groups in total. The molecule has 0 unspecified atom stereocenters. The van der Waals surface area contributed by atoms with Crippen LogP contribution in [0.5, 0.6) is 0 Å². The molecule has 0 atom stereocenters. The van der Waals surface area contributed by atoms with E-state index < -0.39 is 5.41 Å². The molecule has 1 aliphatic heterocycles. The van der Waals surface area contributed by atoms with E-state index in [-0.39, 0.29) is 18.4 Å². The Labute approximate surface area is 147 Å². The van der Waals surface area contributed by atoms with E-state index in [1.165, 1.54) is 0 Å². The average molecular weight is 354 g/mol. The Kier molecular flexibility index (Phi) is 6.60. The lowest BCUT2D eigenvalue weighted by atomic mass is 9.79. The van der Waals surface area contributed by atoms with E-state index in [4.69, 9.17) is 22.1 Å². The molecule has 2 amide bonds. The molecule has 1 aliphatic rings. The zero-order valence-electron chi connectivity index (χ0n) is 13.9. The van der Waals surface area contributed by atoms with E-state index in [2.05, 4.69) is 10.6 Å². The molecule has 1 fully saturated rings. The first kappa shape index (κ1) is 18.7. The van der Waals surface area contributed by atoms with Gasteiger partial charge in [-0.2, -0.15) is 0 Å². The van der Waals surface area contributed by atoms with Crippen LogP contribution in [-0.4, -0.2) is 38.1 Å². The molecule has 7 heteroatoms. The van der Waals surface area contributed by atoms with Crippen molar-refractivity contribution in [1.29, 1.82) is 0 Å². The van der Waals surface area contributed by atoms with Crippen LogP contribution in [0, 0.1) is 5.41 Å². The molecule has 0 spiro atoms. The van der Waals surface area contributed by atoms with E-state index in [9.17, 15) is 9.59 Å². The van der Waals surface area contributed by atoms with E-state index in [1.807, 2.05) is 6.92 Å². The van der Waals surface area contributed by atoms with Crippen LogP contribution in [0.25, 0.3) is 0 Å². The molecule has 0 radical (unpaired) electrons. The Hall–Kier alpha value is -1.63. The third-order valence-corrected chi connectivity index (χ3v) is 4.64. The Morgan fingerprint density at radius 3 is 2.62 bits per heavy atom. The molecular weight excluding hydrogens is 330 g/mol. The second-order valence-corrected chi connectivity index (χ2v) is 6.41. The van der Waals surface area contributed by atoms with Gasteiger partial charge in [-0.3, -0.25) is 9.59 Å². The number of hydrogen-bond donors (Lipinski definition) is 3. The third-order valence-electron chi connectivity index (χ3n) is 4.33. The second kappa shape index (κ2) is 8.46. The van der Waals surface area contributed by atoms with Crippen LogP contribution in [0.2, 0.25) is 5.02 Å². The first-order valence-electron chi connectivity index (χ1n) is 8.19. The number of hydrogen-bond acceptors (Lipinski definition) is 4. The number of nitrogens with two attached hydrogens (primary N) is 1. The lowest BCUT2D eigenvalue weighted by Crippen LogP contribution is -2.46. The lowest BCUT2D eigenvalue weighted by Gasteiger charge is -2.34. The highest BCUT2D eigenvalue weighted by atomic mass is 35.5. The topological polar surface area (TPSA) is 93.5 Å². The summed E-state index contributed by atoms with van der Waals surface area (Å²) in [5.74, 6) is -0.352. The highest BCUT2D eigenvalue weighted by Gasteiger charge is 2.38. The zero-order valence-corrected chi connectivity index (χ0v) is 14.6. The van der Waals surface area contributed by atoms with Crippen molar-refractivity contribution in [3.8, 4) is 0 Å². The SMILES string of the molecule is CCCNC(=O)c1ccc(NC(=O)C2(CN)CCOCC2)cc1Cl. The van der Waals surface area contributed by atoms with Gasteiger partial charge >= 0.3 is 0 Å². The van der Waals surface area contributed by atoms with Gasteiger partial charge in [-0.1, -0.05) is 18.5 Å². The molecule has 0 aliphatic carbocycles. The first-order valence-corrected chi connectivity index (χ1v) is 8.57. The largest absolute Gasteiger partial charge is 0.381 e. The molecule has 1 aromatic carbocycles. The summed E-state index contributed by atoms with van der Waals surface area (Å²) in [5, 5.41) is 5.94. The van der Waals surface area contributed by atoms with Crippen LogP contribution in [-0.2, 0) is 9.53 Å². The van der Waals surface area contributed by atoms with Crippen molar-refractivity contribution in [1.82, 2.24) is 5.32 Å². The number of anilines is 1. The van der Waals surface area contributed by atoms with Gasteiger partial charge in [0.2, 0.25) is 5.91 Å². The summed E-state index contributed by atoms with van der Waals surface area (Å²) in [6.45, 7) is 3.90. The summed E-state index contributed by atoms with van der Waals surface area (Å²) in [6.07, 6.45) is 2.05. The van der Waals surface area contributed by atoms with Gasteiger partial charge in [0.15, 0.2) is 0 Å². The number of ether oxygens (including phenoxy) is 1. The Morgan fingerprint density at radius 1 is 1.33 bits per heavy atom. The summed E-state index contributed by atoms with van der Waals surface area (Å²) in [6, 6.07) is 4.88. The normalized spacial score (nSPS) is 16.5. The monoisotopic (exact) mass is 353 g/mol. The predicted molar refractivity (Wildman–Crippen MR) is 94.2 cm³/mol. The summed E-state index contributed by atoms with van der Waals surface area (Å²) in [7, 11) is 0. The maximum Gasteiger partial charge on any atom is 0.252 e. The van der Waals surface area contributed by atoms with Gasteiger partial charge in [0, 0.05) is 32.0 Å². The minimum Gasteiger partial charge on any atom is -0.381 e. The van der Waals surface area contributed by atoms with Gasteiger partial charge in [-0.05, 0) is 37.5 Å². The van der Waals surface area contributed by atoms with Crippen molar-refractivity contribution in [3.05, 3.63) is 28.8 Å². The molecule has 1 saturated heterocycles. The molecule has 1 aromatic rings. The van der Waals surface area contributed by atoms with Crippen LogP contribution in [0.3, 0.4) is 0 Å². The minimum atomic E-state index is -0.609. The summed E-state index contributed by atoms with van der Waals surface area (Å²) in [4.78, 5) is 24.6. The van der Waals surface area contributed by atoms with Gasteiger partial charge in [-0.25, -0.2) is 0 Å². The third kappa shape index (κ3) is 4.26. The minimum absolute atomic E-state index is 0.132. The van der Waals surface area contributed by atoms with E-state index >= 15 is 0 Å². The molecule has 0 aromatic heterocycles. The van der Waals surface area contributed by atoms with Crippen molar-refractivity contribution in [3.63, 3.8) is 0 Å². The molecule has 0 saturated carbocycles. The van der Waals surface area contributed by atoms with Crippen LogP contribution >= 0.6 is 11.6 Å². The van der Waals surface area contributed by atoms with Crippen molar-refractivity contribution in [2.24, 2.45) is 11.1 Å². The average Bonchev–Trinajstić information content (AvgIpc) is 2.60. The standard InChI is InChI=1S/C17H24ClN3O3/c1-2-7-20-15(22)13-4-3-12(10-14(13)18)21-16(23)17(11-19)5-8-24-9-6-17/h3-4,10H,2,5-9,11,19H2,1H3,(H,20,22)(H,21,23). The van der Waals surface area contributed by atoms with Gasteiger partial charge in [-0.15, -0.1) is 0 Å². The van der Waals surface area contributed by atoms with Crippen LogP contribution in [0.1, 0.15) is 36.5 Å². The highest BCUT2D eigenvalue weighted by molar-refractivity contribution is 6.34. The summed E-state index contributed by atoms with van der Waals surface area (Å²) < 4.78 is 5.32. The Balaban J connectivity index is 2.08. The van der Waals surface area contributed by atoms with Crippen LogP contribution in [0.15, 0.2) is 18.2 Å². The molecule has 6 nitrogen and oxygen atoms in total. The second-order valence-electron chi connectivity index (χ2n) is 6.00. The summed E-state index contributed by atoms with van der Waals surface area (Å²) in [5.41, 5.74) is 6.17. The van der Waals surface area contributed by atoms with Gasteiger partial charge in [0.25, 0.3) is 5.91 Å². The maximum atomic E-state index is 12.6. The van der Waals surface area contributed by atoms with Crippen molar-refractivity contribution < 1.29 is 14.3 Å². The molecule has 0 bridgehead atoms. The maximum absolute atomic E-state index is 12.6. The fourth-order valence-electron chi connectivity index (χ4n) is 2.66. The number of carbonyl (C=O) groups excluding carboxylic acids is 2. The van der Waals surface area contributed by atoms with Crippen LogP contribution in [0.4, 0.5) is 5.69 Å². The van der Waals surface area contributed by atoms with Crippen molar-refractivity contribution >= 4 is 29.1 Å². The van der Waals surface area contributed by atoms with E-state index in [0.717, 1.165) is 6.42 Å². The Bertz CT molecular complexity index is 601. The van der Waals surface area contributed by atoms with Crippen molar-refractivity contribution in [2.45, 2.75) is 26.2 Å². The number of rotatable bonds is 6. The van der Waals surface area contributed by atoms with E-state index in [1.54, 1.807) is 18.2 Å². The number of halogens is 1. The predicted octanol–water partition coefficient (Wildman–Crippen LogP) is 2.17. The molecule has 2 rings (SSSR count). The number of carbonyl (C=O) groups is 2. The summed E-state index contributed by atoms with van der Waals surface area (Å²) >= 11 is 6.18. The number of amides is 2.